The smallest absolute Gasteiger partial charge is 0.0352 e. The van der Waals surface area contributed by atoms with E-state index in [1.165, 1.54) is 20.5 Å². The summed E-state index contributed by atoms with van der Waals surface area (Å²) in [5, 5.41) is 0. The van der Waals surface area contributed by atoms with E-state index in [0.717, 1.165) is 6.42 Å². The molecule has 62 valence electrons. The molecule has 0 N–H and O–H groups in total. The lowest BCUT2D eigenvalue weighted by Gasteiger charge is -2.06. The number of thioether (sulfide) groups is 1. The second kappa shape index (κ2) is 3.27. The Hall–Kier alpha value is -0.210. The lowest BCUT2D eigenvalue weighted by atomic mass is 10.1. The van der Waals surface area contributed by atoms with Gasteiger partial charge in [-0.25, -0.2) is 0 Å². The van der Waals surface area contributed by atoms with Crippen LogP contribution in [0.1, 0.15) is 11.1 Å². The van der Waals surface area contributed by atoms with Crippen molar-refractivity contribution in [1.29, 1.82) is 0 Å². The predicted octanol–water partition coefficient (Wildman–Crippen LogP) is 3.74. The summed E-state index contributed by atoms with van der Waals surface area (Å²) in [6, 6.07) is 4.36. The Labute approximate surface area is 85.2 Å². The van der Waals surface area contributed by atoms with E-state index in [4.69, 9.17) is 0 Å². The Balaban J connectivity index is 2.57. The summed E-state index contributed by atoms with van der Waals surface area (Å²) in [5.41, 5.74) is 2.79. The van der Waals surface area contributed by atoms with E-state index in [0.29, 0.717) is 0 Å². The van der Waals surface area contributed by atoms with E-state index in [1.54, 1.807) is 11.8 Å². The molecule has 1 aliphatic rings. The van der Waals surface area contributed by atoms with Gasteiger partial charge in [0.1, 0.15) is 0 Å². The van der Waals surface area contributed by atoms with Gasteiger partial charge in [0.15, 0.2) is 0 Å². The molecule has 0 bridgehead atoms. The minimum absolute atomic E-state index is 1.07. The van der Waals surface area contributed by atoms with Crippen molar-refractivity contribution in [2.24, 2.45) is 0 Å². The van der Waals surface area contributed by atoms with Gasteiger partial charge in [0.05, 0.1) is 0 Å². The normalized spacial score (nSPS) is 13.5. The fourth-order valence-corrected chi connectivity index (χ4v) is 2.95. The van der Waals surface area contributed by atoms with Gasteiger partial charge in [-0.1, -0.05) is 18.2 Å². The van der Waals surface area contributed by atoms with Crippen molar-refractivity contribution >= 4 is 33.8 Å². The van der Waals surface area contributed by atoms with E-state index >= 15 is 0 Å². The number of benzene rings is 1. The van der Waals surface area contributed by atoms with Crippen LogP contribution in [0.4, 0.5) is 0 Å². The minimum atomic E-state index is 1.07. The van der Waals surface area contributed by atoms with Crippen LogP contribution >= 0.6 is 27.7 Å². The van der Waals surface area contributed by atoms with Gasteiger partial charge in [-0.2, -0.15) is 0 Å². The maximum absolute atomic E-state index is 3.63. The third-order valence-corrected chi connectivity index (χ3v) is 4.03. The maximum Gasteiger partial charge on any atom is 0.0352 e. The highest BCUT2D eigenvalue weighted by Crippen LogP contribution is 2.34. The van der Waals surface area contributed by atoms with Crippen LogP contribution in [-0.2, 0) is 6.42 Å². The zero-order valence-electron chi connectivity index (χ0n) is 6.80. The zero-order valence-corrected chi connectivity index (χ0v) is 9.21. The fourth-order valence-electron chi connectivity index (χ4n) is 1.44. The standard InChI is InChI=1S/C10H9BrS/c1-12-9-6-5-7-3-2-4-8(7)10(9)11/h2-3,5-6H,4H2,1H3. The number of fused-ring (bicyclic) bond motifs is 1. The molecular formula is C10H9BrS. The number of allylic oxidation sites excluding steroid dienone is 1. The number of rotatable bonds is 1. The molecule has 0 radical (unpaired) electrons. The first-order chi connectivity index (χ1) is 5.83. The molecule has 0 heterocycles. The lowest BCUT2D eigenvalue weighted by Crippen LogP contribution is -1.85. The third-order valence-electron chi connectivity index (χ3n) is 2.08. The molecule has 12 heavy (non-hydrogen) atoms. The summed E-state index contributed by atoms with van der Waals surface area (Å²) < 4.78 is 1.28. The molecule has 0 fully saturated rings. The van der Waals surface area contributed by atoms with E-state index in [9.17, 15) is 0 Å². The molecule has 0 amide bonds. The van der Waals surface area contributed by atoms with Gasteiger partial charge in [0, 0.05) is 9.37 Å². The molecule has 1 aromatic carbocycles. The Morgan fingerprint density at radius 3 is 3.00 bits per heavy atom. The minimum Gasteiger partial charge on any atom is -0.128 e. The van der Waals surface area contributed by atoms with Crippen LogP contribution in [0, 0.1) is 0 Å². The monoisotopic (exact) mass is 240 g/mol. The molecule has 2 heteroatoms. The summed E-state index contributed by atoms with van der Waals surface area (Å²) in [6.07, 6.45) is 7.57. The van der Waals surface area contributed by atoms with Crippen molar-refractivity contribution in [2.75, 3.05) is 6.26 Å². The molecule has 0 unspecified atom stereocenters. The molecule has 0 saturated heterocycles. The molecule has 0 nitrogen and oxygen atoms in total. The molecule has 0 atom stereocenters. The van der Waals surface area contributed by atoms with Crippen molar-refractivity contribution < 1.29 is 0 Å². The highest BCUT2D eigenvalue weighted by Gasteiger charge is 2.11. The van der Waals surface area contributed by atoms with Crippen molar-refractivity contribution in [3.8, 4) is 0 Å². The average molecular weight is 241 g/mol. The van der Waals surface area contributed by atoms with Gasteiger partial charge >= 0.3 is 0 Å². The van der Waals surface area contributed by atoms with Crippen molar-refractivity contribution in [2.45, 2.75) is 11.3 Å². The van der Waals surface area contributed by atoms with E-state index in [2.05, 4.69) is 46.5 Å². The molecule has 0 spiro atoms. The molecule has 1 aromatic rings. The van der Waals surface area contributed by atoms with Crippen LogP contribution in [0.15, 0.2) is 27.6 Å². The second-order valence-corrected chi connectivity index (χ2v) is 4.40. The largest absolute Gasteiger partial charge is 0.128 e. The fraction of sp³-hybridized carbons (Fsp3) is 0.200. The summed E-state index contributed by atoms with van der Waals surface area (Å²) in [7, 11) is 0. The molecule has 0 saturated carbocycles. The SMILES string of the molecule is CSc1ccc2c(c1Br)CC=C2. The quantitative estimate of drug-likeness (QED) is 0.675. The first-order valence-electron chi connectivity index (χ1n) is 3.85. The number of halogens is 1. The van der Waals surface area contributed by atoms with Gasteiger partial charge < -0.3 is 0 Å². The Morgan fingerprint density at radius 1 is 1.42 bits per heavy atom. The number of hydrogen-bond acceptors (Lipinski definition) is 1. The predicted molar refractivity (Wildman–Crippen MR) is 58.7 cm³/mol. The summed E-state index contributed by atoms with van der Waals surface area (Å²) in [6.45, 7) is 0. The Morgan fingerprint density at radius 2 is 2.25 bits per heavy atom. The van der Waals surface area contributed by atoms with Crippen LogP contribution in [0.2, 0.25) is 0 Å². The number of hydrogen-bond donors (Lipinski definition) is 0. The van der Waals surface area contributed by atoms with Gasteiger partial charge in [0.25, 0.3) is 0 Å². The molecule has 1 aliphatic carbocycles. The first-order valence-corrected chi connectivity index (χ1v) is 5.86. The highest BCUT2D eigenvalue weighted by molar-refractivity contribution is 9.10. The zero-order chi connectivity index (χ0) is 8.55. The van der Waals surface area contributed by atoms with Crippen LogP contribution in [0.3, 0.4) is 0 Å². The molecule has 0 aliphatic heterocycles. The second-order valence-electron chi connectivity index (χ2n) is 2.76. The van der Waals surface area contributed by atoms with Crippen LogP contribution in [0.25, 0.3) is 6.08 Å². The maximum atomic E-state index is 3.63. The summed E-state index contributed by atoms with van der Waals surface area (Å²) in [5.74, 6) is 0. The van der Waals surface area contributed by atoms with Crippen molar-refractivity contribution in [3.05, 3.63) is 33.8 Å². The lowest BCUT2D eigenvalue weighted by molar-refractivity contribution is 1.23. The van der Waals surface area contributed by atoms with E-state index in [1.807, 2.05) is 0 Å². The molecule has 0 aromatic heterocycles. The summed E-state index contributed by atoms with van der Waals surface area (Å²) >= 11 is 5.42. The Kier molecular flexibility index (Phi) is 2.28. The average Bonchev–Trinajstić information content (AvgIpc) is 2.53. The van der Waals surface area contributed by atoms with Gasteiger partial charge in [0.2, 0.25) is 0 Å². The van der Waals surface area contributed by atoms with Crippen LogP contribution < -0.4 is 0 Å². The Bertz CT molecular complexity index is 342. The first kappa shape index (κ1) is 8.39. The van der Waals surface area contributed by atoms with Crippen LogP contribution in [0.5, 0.6) is 0 Å². The van der Waals surface area contributed by atoms with Crippen molar-refractivity contribution in [3.63, 3.8) is 0 Å². The molecule has 2 rings (SSSR count). The van der Waals surface area contributed by atoms with Crippen molar-refractivity contribution in [1.82, 2.24) is 0 Å². The van der Waals surface area contributed by atoms with E-state index in [-0.39, 0.29) is 0 Å². The van der Waals surface area contributed by atoms with Crippen LogP contribution in [-0.4, -0.2) is 6.26 Å². The van der Waals surface area contributed by atoms with E-state index < -0.39 is 0 Å². The molecular weight excluding hydrogens is 232 g/mol. The summed E-state index contributed by atoms with van der Waals surface area (Å²) in [4.78, 5) is 1.33. The van der Waals surface area contributed by atoms with Gasteiger partial charge in [-0.3, -0.25) is 0 Å². The highest BCUT2D eigenvalue weighted by atomic mass is 79.9. The van der Waals surface area contributed by atoms with Gasteiger partial charge in [-0.05, 0) is 45.8 Å². The third kappa shape index (κ3) is 1.23. The van der Waals surface area contributed by atoms with Gasteiger partial charge in [-0.15, -0.1) is 11.8 Å². The topological polar surface area (TPSA) is 0 Å².